The molecule has 1 aromatic carbocycles. The number of hydrogen-bond acceptors (Lipinski definition) is 2. The lowest BCUT2D eigenvalue weighted by atomic mass is 9.89. The molecule has 0 atom stereocenters. The average Bonchev–Trinajstić information content (AvgIpc) is 2.40. The molecule has 0 saturated carbocycles. The van der Waals surface area contributed by atoms with Gasteiger partial charge >= 0.3 is 0 Å². The molecule has 0 fully saturated rings. The maximum Gasteiger partial charge on any atom is 0.172 e. The molecule has 1 aliphatic rings. The van der Waals surface area contributed by atoms with E-state index in [4.69, 9.17) is 4.74 Å². The number of carbonyl (C=O) groups is 1. The lowest BCUT2D eigenvalue weighted by Crippen LogP contribution is -2.19. The van der Waals surface area contributed by atoms with Crippen LogP contribution in [-0.2, 0) is 6.42 Å². The standard InChI is InChI=1S/C12H13BrO2/c1-12(2)6-7-4-5-8(13)10(15-3)9(7)11(12)14/h4-5H,6H2,1-3H3. The maximum absolute atomic E-state index is 12.1. The smallest absolute Gasteiger partial charge is 0.172 e. The van der Waals surface area contributed by atoms with Crippen molar-refractivity contribution in [2.45, 2.75) is 20.3 Å². The summed E-state index contributed by atoms with van der Waals surface area (Å²) < 4.78 is 6.13. The van der Waals surface area contributed by atoms with Crippen LogP contribution < -0.4 is 4.74 Å². The Hall–Kier alpha value is -0.830. The van der Waals surface area contributed by atoms with Gasteiger partial charge in [0, 0.05) is 5.41 Å². The number of carbonyl (C=O) groups excluding carboxylic acids is 1. The molecule has 2 rings (SSSR count). The molecule has 0 radical (unpaired) electrons. The zero-order chi connectivity index (χ0) is 11.2. The summed E-state index contributed by atoms with van der Waals surface area (Å²) >= 11 is 3.40. The predicted molar refractivity (Wildman–Crippen MR) is 62.5 cm³/mol. The molecule has 0 bridgehead atoms. The van der Waals surface area contributed by atoms with Crippen molar-refractivity contribution >= 4 is 21.7 Å². The first-order valence-corrected chi connectivity index (χ1v) is 5.67. The van der Waals surface area contributed by atoms with Crippen LogP contribution in [0.4, 0.5) is 0 Å². The lowest BCUT2D eigenvalue weighted by Gasteiger charge is -2.13. The van der Waals surface area contributed by atoms with Crippen LogP contribution in [0.3, 0.4) is 0 Å². The van der Waals surface area contributed by atoms with Gasteiger partial charge in [-0.25, -0.2) is 0 Å². The largest absolute Gasteiger partial charge is 0.495 e. The van der Waals surface area contributed by atoms with E-state index in [9.17, 15) is 4.79 Å². The number of methoxy groups -OCH3 is 1. The van der Waals surface area contributed by atoms with E-state index in [2.05, 4.69) is 15.9 Å². The number of benzene rings is 1. The molecule has 3 heteroatoms. The van der Waals surface area contributed by atoms with E-state index in [1.54, 1.807) is 7.11 Å². The van der Waals surface area contributed by atoms with Crippen LogP contribution in [0.15, 0.2) is 16.6 Å². The first kappa shape index (κ1) is 10.7. The molecule has 15 heavy (non-hydrogen) atoms. The van der Waals surface area contributed by atoms with Crippen molar-refractivity contribution in [3.63, 3.8) is 0 Å². The minimum Gasteiger partial charge on any atom is -0.495 e. The number of fused-ring (bicyclic) bond motifs is 1. The molecule has 2 nitrogen and oxygen atoms in total. The zero-order valence-corrected chi connectivity index (χ0v) is 10.6. The van der Waals surface area contributed by atoms with Gasteiger partial charge in [-0.1, -0.05) is 19.9 Å². The van der Waals surface area contributed by atoms with E-state index in [0.717, 1.165) is 22.0 Å². The second-order valence-corrected chi connectivity index (χ2v) is 5.36. The Morgan fingerprint density at radius 3 is 2.67 bits per heavy atom. The maximum atomic E-state index is 12.1. The van der Waals surface area contributed by atoms with Crippen LogP contribution in [0.25, 0.3) is 0 Å². The summed E-state index contributed by atoms with van der Waals surface area (Å²) in [5.41, 5.74) is 1.54. The number of rotatable bonds is 1. The van der Waals surface area contributed by atoms with Gasteiger partial charge in [0.25, 0.3) is 0 Å². The van der Waals surface area contributed by atoms with Crippen molar-refractivity contribution in [1.82, 2.24) is 0 Å². The van der Waals surface area contributed by atoms with E-state index in [0.29, 0.717) is 5.75 Å². The van der Waals surface area contributed by atoms with Gasteiger partial charge in [-0.05, 0) is 34.0 Å². The fourth-order valence-electron chi connectivity index (χ4n) is 2.09. The fourth-order valence-corrected chi connectivity index (χ4v) is 2.58. The van der Waals surface area contributed by atoms with Gasteiger partial charge < -0.3 is 4.74 Å². The monoisotopic (exact) mass is 268 g/mol. The Morgan fingerprint density at radius 2 is 2.07 bits per heavy atom. The van der Waals surface area contributed by atoms with Crippen molar-refractivity contribution in [3.8, 4) is 5.75 Å². The van der Waals surface area contributed by atoms with Crippen molar-refractivity contribution in [2.75, 3.05) is 7.11 Å². The first-order valence-electron chi connectivity index (χ1n) is 4.87. The van der Waals surface area contributed by atoms with Crippen molar-refractivity contribution in [2.24, 2.45) is 5.41 Å². The molecular formula is C12H13BrO2. The fraction of sp³-hybridized carbons (Fsp3) is 0.417. The van der Waals surface area contributed by atoms with Crippen molar-refractivity contribution < 1.29 is 9.53 Å². The molecule has 0 spiro atoms. The lowest BCUT2D eigenvalue weighted by molar-refractivity contribution is 0.0861. The number of ketones is 1. The second kappa shape index (κ2) is 3.34. The Bertz CT molecular complexity index is 435. The summed E-state index contributed by atoms with van der Waals surface area (Å²) in [7, 11) is 1.60. The van der Waals surface area contributed by atoms with Crippen LogP contribution in [0.1, 0.15) is 29.8 Å². The molecule has 0 aliphatic heterocycles. The Labute approximate surface area is 97.8 Å². The molecule has 80 valence electrons. The molecule has 0 heterocycles. The second-order valence-electron chi connectivity index (χ2n) is 4.50. The van der Waals surface area contributed by atoms with Crippen molar-refractivity contribution in [1.29, 1.82) is 0 Å². The predicted octanol–water partition coefficient (Wildman–Crippen LogP) is 3.22. The third kappa shape index (κ3) is 1.49. The Morgan fingerprint density at radius 1 is 1.40 bits per heavy atom. The third-order valence-corrected chi connectivity index (χ3v) is 3.50. The van der Waals surface area contributed by atoms with E-state index in [1.165, 1.54) is 0 Å². The summed E-state index contributed by atoms with van der Waals surface area (Å²) in [6.07, 6.45) is 0.796. The molecule has 1 aliphatic carbocycles. The van der Waals surface area contributed by atoms with Crippen LogP contribution >= 0.6 is 15.9 Å². The summed E-state index contributed by atoms with van der Waals surface area (Å²) in [5.74, 6) is 0.846. The van der Waals surface area contributed by atoms with Gasteiger partial charge in [0.15, 0.2) is 5.78 Å². The average molecular weight is 269 g/mol. The van der Waals surface area contributed by atoms with Crippen LogP contribution in [-0.4, -0.2) is 12.9 Å². The highest BCUT2D eigenvalue weighted by Gasteiger charge is 2.40. The Kier molecular flexibility index (Phi) is 2.38. The van der Waals surface area contributed by atoms with Gasteiger partial charge in [-0.3, -0.25) is 4.79 Å². The number of hydrogen-bond donors (Lipinski definition) is 0. The first-order chi connectivity index (χ1) is 6.97. The summed E-state index contributed by atoms with van der Waals surface area (Å²) in [6, 6.07) is 3.93. The highest BCUT2D eigenvalue weighted by atomic mass is 79.9. The number of Topliss-reactive ketones (excluding diaryl/α,β-unsaturated/α-hetero) is 1. The van der Waals surface area contributed by atoms with Crippen LogP contribution in [0.5, 0.6) is 5.75 Å². The molecule has 0 saturated heterocycles. The zero-order valence-electron chi connectivity index (χ0n) is 9.06. The summed E-state index contributed by atoms with van der Waals surface area (Å²) in [5, 5.41) is 0. The Balaban J connectivity index is 2.66. The number of ether oxygens (including phenoxy) is 1. The topological polar surface area (TPSA) is 26.3 Å². The highest BCUT2D eigenvalue weighted by molar-refractivity contribution is 9.10. The third-order valence-electron chi connectivity index (χ3n) is 2.87. The number of halogens is 1. The van der Waals surface area contributed by atoms with E-state index in [-0.39, 0.29) is 11.2 Å². The minimum atomic E-state index is -0.295. The molecule has 0 aromatic heterocycles. The van der Waals surface area contributed by atoms with Gasteiger partial charge in [-0.15, -0.1) is 0 Å². The van der Waals surface area contributed by atoms with E-state index in [1.807, 2.05) is 26.0 Å². The molecular weight excluding hydrogens is 256 g/mol. The van der Waals surface area contributed by atoms with E-state index < -0.39 is 0 Å². The molecule has 1 aromatic rings. The van der Waals surface area contributed by atoms with Crippen LogP contribution in [0, 0.1) is 5.41 Å². The summed E-state index contributed by atoms with van der Waals surface area (Å²) in [6.45, 7) is 3.95. The van der Waals surface area contributed by atoms with Gasteiger partial charge in [0.2, 0.25) is 0 Å². The van der Waals surface area contributed by atoms with Gasteiger partial charge in [-0.2, -0.15) is 0 Å². The molecule has 0 N–H and O–H groups in total. The van der Waals surface area contributed by atoms with E-state index >= 15 is 0 Å². The molecule has 0 unspecified atom stereocenters. The van der Waals surface area contributed by atoms with Crippen molar-refractivity contribution in [3.05, 3.63) is 27.7 Å². The summed E-state index contributed by atoms with van der Waals surface area (Å²) in [4.78, 5) is 12.1. The van der Waals surface area contributed by atoms with Crippen LogP contribution in [0.2, 0.25) is 0 Å². The molecule has 0 amide bonds. The highest BCUT2D eigenvalue weighted by Crippen LogP contribution is 2.43. The van der Waals surface area contributed by atoms with Gasteiger partial charge in [0.05, 0.1) is 17.1 Å². The van der Waals surface area contributed by atoms with Gasteiger partial charge in [0.1, 0.15) is 5.75 Å². The SMILES string of the molecule is COc1c(Br)ccc2c1C(=O)C(C)(C)C2. The normalized spacial score (nSPS) is 17.7. The minimum absolute atomic E-state index is 0.177. The quantitative estimate of drug-likeness (QED) is 0.782.